The Hall–Kier alpha value is -1.61. The second kappa shape index (κ2) is 7.41. The molecule has 0 saturated heterocycles. The molecule has 1 atom stereocenters. The molecule has 1 aromatic rings. The molecule has 1 heterocycles. The highest BCUT2D eigenvalue weighted by atomic mass is 32.2. The summed E-state index contributed by atoms with van der Waals surface area (Å²) >= 11 is 0. The summed E-state index contributed by atoms with van der Waals surface area (Å²) in [4.78, 5) is 7.88. The van der Waals surface area contributed by atoms with Gasteiger partial charge in [-0.25, -0.2) is 8.42 Å². The highest BCUT2D eigenvalue weighted by molar-refractivity contribution is 7.93. The summed E-state index contributed by atoms with van der Waals surface area (Å²) < 4.78 is 36.7. The normalized spacial score (nSPS) is 13.0. The first-order valence-corrected chi connectivity index (χ1v) is 8.05. The number of rotatable bonds is 8. The lowest BCUT2D eigenvalue weighted by Crippen LogP contribution is -2.37. The van der Waals surface area contributed by atoms with E-state index >= 15 is 0 Å². The summed E-state index contributed by atoms with van der Waals surface area (Å²) in [5, 5.41) is 2.43. The molecular formula is C12H22N4O4S. The molecular weight excluding hydrogens is 296 g/mol. The molecule has 1 aromatic heterocycles. The average Bonchev–Trinajstić information content (AvgIpc) is 2.43. The minimum atomic E-state index is -3.61. The number of ether oxygens (including phenoxy) is 2. The molecule has 0 amide bonds. The Morgan fingerprint density at radius 2 is 1.67 bits per heavy atom. The van der Waals surface area contributed by atoms with Gasteiger partial charge in [0, 0.05) is 12.6 Å². The number of sulfonamides is 1. The highest BCUT2D eigenvalue weighted by Crippen LogP contribution is 2.18. The van der Waals surface area contributed by atoms with E-state index < -0.39 is 15.3 Å². The van der Waals surface area contributed by atoms with Gasteiger partial charge in [0.25, 0.3) is 0 Å². The van der Waals surface area contributed by atoms with Crippen LogP contribution in [0.5, 0.6) is 11.8 Å². The first-order chi connectivity index (χ1) is 9.78. The van der Waals surface area contributed by atoms with E-state index in [0.717, 1.165) is 0 Å². The second-order valence-corrected chi connectivity index (χ2v) is 6.90. The highest BCUT2D eigenvalue weighted by Gasteiger charge is 2.22. The van der Waals surface area contributed by atoms with E-state index in [9.17, 15) is 8.42 Å². The van der Waals surface area contributed by atoms with Crippen LogP contribution >= 0.6 is 0 Å². The number of nitrogens with one attached hydrogen (secondary N) is 2. The van der Waals surface area contributed by atoms with Gasteiger partial charge in [0.15, 0.2) is 0 Å². The Labute approximate surface area is 125 Å². The fraction of sp³-hybridized carbons (Fsp3) is 0.667. The van der Waals surface area contributed by atoms with Crippen molar-refractivity contribution >= 4 is 16.0 Å². The van der Waals surface area contributed by atoms with Crippen molar-refractivity contribution < 1.29 is 17.9 Å². The lowest BCUT2D eigenvalue weighted by molar-refractivity contribution is 0.373. The van der Waals surface area contributed by atoms with Crippen molar-refractivity contribution in [1.29, 1.82) is 0 Å². The zero-order chi connectivity index (χ0) is 16.0. The third-order valence-electron chi connectivity index (χ3n) is 2.67. The fourth-order valence-corrected chi connectivity index (χ4v) is 2.26. The topological polar surface area (TPSA) is 102 Å². The molecule has 2 N–H and O–H groups in total. The van der Waals surface area contributed by atoms with Crippen molar-refractivity contribution in [2.24, 2.45) is 0 Å². The first-order valence-electron chi connectivity index (χ1n) is 6.50. The smallest absolute Gasteiger partial charge is 0.243 e. The number of anilines is 1. The molecule has 9 heteroatoms. The monoisotopic (exact) mass is 318 g/mol. The molecule has 0 spiro atoms. The van der Waals surface area contributed by atoms with Gasteiger partial charge in [-0.2, -0.15) is 9.97 Å². The molecule has 0 fully saturated rings. The van der Waals surface area contributed by atoms with Crippen molar-refractivity contribution in [3.63, 3.8) is 0 Å². The van der Waals surface area contributed by atoms with E-state index in [1.54, 1.807) is 6.92 Å². The molecule has 0 radical (unpaired) electrons. The maximum Gasteiger partial charge on any atom is 0.243 e. The Kier molecular flexibility index (Phi) is 6.16. The van der Waals surface area contributed by atoms with E-state index in [2.05, 4.69) is 20.0 Å². The van der Waals surface area contributed by atoms with Gasteiger partial charge >= 0.3 is 0 Å². The summed E-state index contributed by atoms with van der Waals surface area (Å²) in [7, 11) is -0.756. The third kappa shape index (κ3) is 5.35. The number of nitrogens with zero attached hydrogens (tertiary/aromatic N) is 2. The number of hydrogen-bond donors (Lipinski definition) is 2. The molecule has 1 unspecified atom stereocenters. The predicted molar refractivity (Wildman–Crippen MR) is 80.3 cm³/mol. The van der Waals surface area contributed by atoms with E-state index in [1.807, 2.05) is 13.8 Å². The summed E-state index contributed by atoms with van der Waals surface area (Å²) in [6.45, 7) is 5.83. The van der Waals surface area contributed by atoms with Gasteiger partial charge in [0.05, 0.1) is 25.5 Å². The Bertz CT molecular complexity index is 540. The van der Waals surface area contributed by atoms with Crippen LogP contribution in [0.4, 0.5) is 5.95 Å². The average molecular weight is 318 g/mol. The van der Waals surface area contributed by atoms with Crippen LogP contribution in [0, 0.1) is 0 Å². The zero-order valence-corrected chi connectivity index (χ0v) is 13.7. The van der Waals surface area contributed by atoms with Crippen LogP contribution in [0.2, 0.25) is 0 Å². The van der Waals surface area contributed by atoms with Gasteiger partial charge < -0.3 is 14.8 Å². The van der Waals surface area contributed by atoms with Crippen LogP contribution in [-0.4, -0.2) is 50.4 Å². The summed E-state index contributed by atoms with van der Waals surface area (Å²) in [5.74, 6) is 0.350. The predicted octanol–water partition coefficient (Wildman–Crippen LogP) is 0.622. The third-order valence-corrected chi connectivity index (χ3v) is 4.37. The van der Waals surface area contributed by atoms with Gasteiger partial charge in [-0.3, -0.25) is 4.72 Å². The SMILES string of the molecule is COc1cc(OC)nc(NS(=O)(=O)C(C)CNC(C)C)n1. The van der Waals surface area contributed by atoms with Crippen LogP contribution < -0.4 is 19.5 Å². The fourth-order valence-electron chi connectivity index (χ4n) is 1.40. The quantitative estimate of drug-likeness (QED) is 0.724. The summed E-state index contributed by atoms with van der Waals surface area (Å²) in [6.07, 6.45) is 0. The van der Waals surface area contributed by atoms with Gasteiger partial charge in [-0.1, -0.05) is 13.8 Å². The molecule has 0 aromatic carbocycles. The number of aromatic nitrogens is 2. The molecule has 1 rings (SSSR count). The molecule has 0 aliphatic rings. The molecule has 21 heavy (non-hydrogen) atoms. The van der Waals surface area contributed by atoms with E-state index in [-0.39, 0.29) is 23.8 Å². The van der Waals surface area contributed by atoms with Crippen LogP contribution in [0.1, 0.15) is 20.8 Å². The summed E-state index contributed by atoms with van der Waals surface area (Å²) in [6, 6.07) is 1.66. The van der Waals surface area contributed by atoms with Crippen LogP contribution in [-0.2, 0) is 10.0 Å². The van der Waals surface area contributed by atoms with Gasteiger partial charge in [0.1, 0.15) is 0 Å². The molecule has 0 aliphatic heterocycles. The lowest BCUT2D eigenvalue weighted by atomic mass is 10.3. The second-order valence-electron chi connectivity index (χ2n) is 4.80. The maximum atomic E-state index is 12.2. The minimum Gasteiger partial charge on any atom is -0.481 e. The lowest BCUT2D eigenvalue weighted by Gasteiger charge is -2.16. The van der Waals surface area contributed by atoms with Crippen LogP contribution in [0.3, 0.4) is 0 Å². The van der Waals surface area contributed by atoms with E-state index in [0.29, 0.717) is 6.54 Å². The van der Waals surface area contributed by atoms with Gasteiger partial charge in [0.2, 0.25) is 27.7 Å². The first kappa shape index (κ1) is 17.4. The minimum absolute atomic E-state index is 0.0809. The molecule has 0 bridgehead atoms. The molecule has 8 nitrogen and oxygen atoms in total. The molecule has 0 saturated carbocycles. The Balaban J connectivity index is 2.87. The molecule has 120 valence electrons. The zero-order valence-electron chi connectivity index (χ0n) is 12.9. The standard InChI is InChI=1S/C12H22N4O4S/c1-8(2)13-7-9(3)21(17,18)16-12-14-10(19-4)6-11(15-12)20-5/h6,8-9,13H,7H2,1-5H3,(H,14,15,16). The maximum absolute atomic E-state index is 12.2. The molecule has 0 aliphatic carbocycles. The van der Waals surface area contributed by atoms with Crippen molar-refractivity contribution in [3.8, 4) is 11.8 Å². The Morgan fingerprint density at radius 1 is 1.14 bits per heavy atom. The number of hydrogen-bond acceptors (Lipinski definition) is 7. The largest absolute Gasteiger partial charge is 0.481 e. The van der Waals surface area contributed by atoms with Gasteiger partial charge in [-0.15, -0.1) is 0 Å². The van der Waals surface area contributed by atoms with Crippen molar-refractivity contribution in [1.82, 2.24) is 15.3 Å². The number of methoxy groups -OCH3 is 2. The van der Waals surface area contributed by atoms with Crippen molar-refractivity contribution in [2.45, 2.75) is 32.1 Å². The van der Waals surface area contributed by atoms with Crippen LogP contribution in [0.15, 0.2) is 6.07 Å². The van der Waals surface area contributed by atoms with E-state index in [1.165, 1.54) is 20.3 Å². The van der Waals surface area contributed by atoms with E-state index in [4.69, 9.17) is 9.47 Å². The summed E-state index contributed by atoms with van der Waals surface area (Å²) in [5.41, 5.74) is 0. The van der Waals surface area contributed by atoms with Crippen molar-refractivity contribution in [2.75, 3.05) is 25.5 Å². The Morgan fingerprint density at radius 3 is 2.10 bits per heavy atom. The van der Waals surface area contributed by atoms with Gasteiger partial charge in [-0.05, 0) is 6.92 Å². The van der Waals surface area contributed by atoms with Crippen molar-refractivity contribution in [3.05, 3.63) is 6.07 Å². The van der Waals surface area contributed by atoms with Crippen LogP contribution in [0.25, 0.3) is 0 Å².